The van der Waals surface area contributed by atoms with Gasteiger partial charge in [-0.2, -0.15) is 5.10 Å². The number of nitrogens with one attached hydrogen (secondary N) is 1. The van der Waals surface area contributed by atoms with Crippen LogP contribution in [0.5, 0.6) is 5.75 Å². The Hall–Kier alpha value is -2.95. The van der Waals surface area contributed by atoms with Gasteiger partial charge in [0.05, 0.1) is 17.0 Å². The van der Waals surface area contributed by atoms with Crippen molar-refractivity contribution in [1.82, 2.24) is 10.2 Å². The van der Waals surface area contributed by atoms with E-state index in [9.17, 15) is 9.59 Å². The normalized spacial score (nSPS) is 13.8. The lowest BCUT2D eigenvalue weighted by molar-refractivity contribution is -0.135. The minimum atomic E-state index is -0.193. The van der Waals surface area contributed by atoms with E-state index in [4.69, 9.17) is 4.74 Å². The average molecular weight is 320 g/mol. The first kappa shape index (κ1) is 14.6. The molecule has 1 aliphatic rings. The molecule has 24 heavy (non-hydrogen) atoms. The maximum absolute atomic E-state index is 11.9. The summed E-state index contributed by atoms with van der Waals surface area (Å²) in [6.07, 6.45) is 2.39. The van der Waals surface area contributed by atoms with Crippen molar-refractivity contribution in [3.8, 4) is 5.75 Å². The number of ether oxygens (including phenoxy) is 1. The van der Waals surface area contributed by atoms with Gasteiger partial charge >= 0.3 is 5.97 Å². The molecule has 1 heterocycles. The minimum Gasteiger partial charge on any atom is -0.426 e. The molecule has 1 N–H and O–H groups in total. The topological polar surface area (TPSA) is 72.0 Å². The molecule has 120 valence electrons. The highest BCUT2D eigenvalue weighted by atomic mass is 16.5. The lowest BCUT2D eigenvalue weighted by Gasteiger charge is -2.07. The molecule has 0 radical (unpaired) electrons. The predicted octanol–water partition coefficient (Wildman–Crippen LogP) is 2.83. The van der Waals surface area contributed by atoms with Gasteiger partial charge in [-0.1, -0.05) is 30.3 Å². The van der Waals surface area contributed by atoms with Crippen LogP contribution < -0.4 is 10.3 Å². The van der Waals surface area contributed by atoms with Crippen molar-refractivity contribution in [2.45, 2.75) is 19.3 Å². The van der Waals surface area contributed by atoms with Gasteiger partial charge in [-0.15, -0.1) is 0 Å². The molecular weight excluding hydrogens is 304 g/mol. The molecular formula is C19H16N2O3. The second-order valence-electron chi connectivity index (χ2n) is 6.06. The van der Waals surface area contributed by atoms with E-state index in [0.717, 1.165) is 29.5 Å². The molecule has 3 aromatic rings. The molecule has 0 saturated heterocycles. The Bertz CT molecular complexity index is 974. The first-order chi connectivity index (χ1) is 11.7. The number of fused-ring (bicyclic) bond motifs is 1. The Kier molecular flexibility index (Phi) is 3.61. The SMILES string of the molecule is O=C(Oc1cccc(Cc2n[nH]c(=O)c3ccccc23)c1)C1CC1. The predicted molar refractivity (Wildman–Crippen MR) is 90.0 cm³/mol. The highest BCUT2D eigenvalue weighted by Crippen LogP contribution is 2.31. The first-order valence-corrected chi connectivity index (χ1v) is 7.97. The number of hydrogen-bond donors (Lipinski definition) is 1. The van der Waals surface area contributed by atoms with Crippen LogP contribution in [0.4, 0.5) is 0 Å². The number of benzene rings is 2. The zero-order valence-electron chi connectivity index (χ0n) is 13.0. The van der Waals surface area contributed by atoms with Crippen LogP contribution in [-0.2, 0) is 11.2 Å². The van der Waals surface area contributed by atoms with Crippen molar-refractivity contribution >= 4 is 16.7 Å². The second-order valence-corrected chi connectivity index (χ2v) is 6.06. The molecule has 0 aliphatic heterocycles. The standard InChI is InChI=1S/C19H16N2O3/c22-18-16-7-2-1-6-15(16)17(20-21-18)11-12-4-3-5-14(10-12)24-19(23)13-8-9-13/h1-7,10,13H,8-9,11H2,(H,21,22). The number of aromatic amines is 1. The van der Waals surface area contributed by atoms with Crippen LogP contribution in [0.15, 0.2) is 53.3 Å². The summed E-state index contributed by atoms with van der Waals surface area (Å²) < 4.78 is 5.41. The largest absolute Gasteiger partial charge is 0.426 e. The monoisotopic (exact) mass is 320 g/mol. The molecule has 1 fully saturated rings. The van der Waals surface area contributed by atoms with Gasteiger partial charge in [0.1, 0.15) is 5.75 Å². The highest BCUT2D eigenvalue weighted by Gasteiger charge is 2.31. The third-order valence-corrected chi connectivity index (χ3v) is 4.17. The van der Waals surface area contributed by atoms with Crippen molar-refractivity contribution in [3.05, 3.63) is 70.1 Å². The average Bonchev–Trinajstić information content (AvgIpc) is 3.43. The van der Waals surface area contributed by atoms with Gasteiger partial charge in [0.15, 0.2) is 0 Å². The summed E-state index contributed by atoms with van der Waals surface area (Å²) in [5.41, 5.74) is 1.57. The molecule has 2 aromatic carbocycles. The Morgan fingerprint density at radius 3 is 2.71 bits per heavy atom. The Morgan fingerprint density at radius 2 is 1.92 bits per heavy atom. The lowest BCUT2D eigenvalue weighted by Crippen LogP contribution is -2.11. The summed E-state index contributed by atoms with van der Waals surface area (Å²) in [5.74, 6) is 0.469. The summed E-state index contributed by atoms with van der Waals surface area (Å²) in [5, 5.41) is 8.19. The molecule has 0 unspecified atom stereocenters. The van der Waals surface area contributed by atoms with E-state index in [1.165, 1.54) is 0 Å². The molecule has 5 nitrogen and oxygen atoms in total. The van der Waals surface area contributed by atoms with E-state index in [-0.39, 0.29) is 17.4 Å². The van der Waals surface area contributed by atoms with Crippen molar-refractivity contribution in [2.75, 3.05) is 0 Å². The molecule has 0 atom stereocenters. The minimum absolute atomic E-state index is 0.0680. The van der Waals surface area contributed by atoms with Crippen LogP contribution in [-0.4, -0.2) is 16.2 Å². The van der Waals surface area contributed by atoms with E-state index < -0.39 is 0 Å². The van der Waals surface area contributed by atoms with Gasteiger partial charge in [0, 0.05) is 11.8 Å². The van der Waals surface area contributed by atoms with Gasteiger partial charge in [-0.3, -0.25) is 9.59 Å². The molecule has 0 bridgehead atoms. The molecule has 0 spiro atoms. The summed E-state index contributed by atoms with van der Waals surface area (Å²) in [6, 6.07) is 14.8. The number of aromatic nitrogens is 2. The number of hydrogen-bond acceptors (Lipinski definition) is 4. The van der Waals surface area contributed by atoms with E-state index in [2.05, 4.69) is 10.2 Å². The fourth-order valence-electron chi connectivity index (χ4n) is 2.74. The van der Waals surface area contributed by atoms with Crippen molar-refractivity contribution in [1.29, 1.82) is 0 Å². The van der Waals surface area contributed by atoms with E-state index in [0.29, 0.717) is 17.6 Å². The Morgan fingerprint density at radius 1 is 1.12 bits per heavy atom. The third kappa shape index (κ3) is 2.93. The molecule has 5 heteroatoms. The van der Waals surface area contributed by atoms with Crippen LogP contribution in [0, 0.1) is 5.92 Å². The summed E-state index contributed by atoms with van der Waals surface area (Å²) in [6.45, 7) is 0. The van der Waals surface area contributed by atoms with E-state index >= 15 is 0 Å². The number of nitrogens with zero attached hydrogens (tertiary/aromatic N) is 1. The van der Waals surface area contributed by atoms with Crippen LogP contribution in [0.25, 0.3) is 10.8 Å². The Labute approximate surface area is 138 Å². The molecule has 1 saturated carbocycles. The van der Waals surface area contributed by atoms with E-state index in [1.54, 1.807) is 12.1 Å². The first-order valence-electron chi connectivity index (χ1n) is 7.97. The molecule has 1 aromatic heterocycles. The van der Waals surface area contributed by atoms with Crippen LogP contribution in [0.3, 0.4) is 0 Å². The van der Waals surface area contributed by atoms with Crippen molar-refractivity contribution in [2.24, 2.45) is 5.92 Å². The summed E-state index contributed by atoms with van der Waals surface area (Å²) in [4.78, 5) is 23.6. The second kappa shape index (κ2) is 5.92. The highest BCUT2D eigenvalue weighted by molar-refractivity contribution is 5.83. The fraction of sp³-hybridized carbons (Fsp3) is 0.211. The fourth-order valence-corrected chi connectivity index (χ4v) is 2.74. The lowest BCUT2D eigenvalue weighted by atomic mass is 10.0. The quantitative estimate of drug-likeness (QED) is 0.593. The number of rotatable bonds is 4. The number of carbonyl (C=O) groups excluding carboxylic acids is 1. The van der Waals surface area contributed by atoms with Gasteiger partial charge < -0.3 is 4.74 Å². The van der Waals surface area contributed by atoms with E-state index in [1.807, 2.05) is 36.4 Å². The van der Waals surface area contributed by atoms with Gasteiger partial charge in [-0.05, 0) is 36.6 Å². The van der Waals surface area contributed by atoms with Crippen molar-refractivity contribution < 1.29 is 9.53 Å². The van der Waals surface area contributed by atoms with Crippen LogP contribution >= 0.6 is 0 Å². The smallest absolute Gasteiger partial charge is 0.314 e. The summed E-state index contributed by atoms with van der Waals surface area (Å²) in [7, 11) is 0. The maximum Gasteiger partial charge on any atom is 0.314 e. The number of H-pyrrole nitrogens is 1. The Balaban J connectivity index is 1.62. The zero-order chi connectivity index (χ0) is 16.5. The van der Waals surface area contributed by atoms with Gasteiger partial charge in [0.25, 0.3) is 5.56 Å². The maximum atomic E-state index is 11.9. The molecule has 1 aliphatic carbocycles. The van der Waals surface area contributed by atoms with Crippen LogP contribution in [0.2, 0.25) is 0 Å². The molecule has 0 amide bonds. The van der Waals surface area contributed by atoms with Crippen molar-refractivity contribution in [3.63, 3.8) is 0 Å². The number of carbonyl (C=O) groups is 1. The zero-order valence-corrected chi connectivity index (χ0v) is 13.0. The van der Waals surface area contributed by atoms with Gasteiger partial charge in [0.2, 0.25) is 0 Å². The van der Waals surface area contributed by atoms with Crippen LogP contribution in [0.1, 0.15) is 24.1 Å². The third-order valence-electron chi connectivity index (χ3n) is 4.17. The van der Waals surface area contributed by atoms with Gasteiger partial charge in [-0.25, -0.2) is 5.10 Å². The summed E-state index contributed by atoms with van der Waals surface area (Å²) >= 11 is 0. The molecule has 4 rings (SSSR count). The number of esters is 1.